The Labute approximate surface area is 189 Å². The van der Waals surface area contributed by atoms with Crippen molar-refractivity contribution in [2.45, 2.75) is 44.8 Å². The zero-order valence-electron chi connectivity index (χ0n) is 18.0. The number of amides is 1. The number of anilines is 2. The van der Waals surface area contributed by atoms with Gasteiger partial charge < -0.3 is 20.1 Å². The maximum Gasteiger partial charge on any atom is 0.265 e. The molecule has 0 aliphatic carbocycles. The third-order valence-electron chi connectivity index (χ3n) is 6.34. The number of rotatable bonds is 4. The van der Waals surface area contributed by atoms with Crippen LogP contribution in [0.25, 0.3) is 10.2 Å². The van der Waals surface area contributed by atoms with Crippen LogP contribution >= 0.6 is 11.3 Å². The summed E-state index contributed by atoms with van der Waals surface area (Å²) in [6.07, 6.45) is 2.79. The molecule has 1 amide bonds. The average molecular weight is 459 g/mol. The predicted octanol–water partition coefficient (Wildman–Crippen LogP) is 4.11. The van der Waals surface area contributed by atoms with Gasteiger partial charge in [0.15, 0.2) is 0 Å². The van der Waals surface area contributed by atoms with E-state index in [1.807, 2.05) is 22.6 Å². The van der Waals surface area contributed by atoms with Crippen molar-refractivity contribution in [2.75, 3.05) is 36.5 Å². The smallest absolute Gasteiger partial charge is 0.265 e. The minimum Gasteiger partial charge on any atom is -0.393 e. The van der Waals surface area contributed by atoms with Crippen LogP contribution < -0.4 is 10.2 Å². The number of thiophene rings is 1. The quantitative estimate of drug-likeness (QED) is 0.615. The van der Waals surface area contributed by atoms with E-state index in [2.05, 4.69) is 5.32 Å². The molecular formula is C23H27FN4O3S. The van der Waals surface area contributed by atoms with Crippen molar-refractivity contribution in [1.82, 2.24) is 9.78 Å². The molecule has 2 saturated heterocycles. The lowest BCUT2D eigenvalue weighted by molar-refractivity contribution is 0.0675. The number of nitrogens with one attached hydrogen (secondary N) is 1. The van der Waals surface area contributed by atoms with Gasteiger partial charge in [0.2, 0.25) is 0 Å². The molecule has 0 bridgehead atoms. The van der Waals surface area contributed by atoms with Gasteiger partial charge in [0.25, 0.3) is 5.91 Å². The number of carbonyl (C=O) groups excluding carboxylic acids is 1. The molecule has 5 rings (SSSR count). The Bertz CT molecular complexity index is 1130. The van der Waals surface area contributed by atoms with Crippen molar-refractivity contribution < 1.29 is 19.0 Å². The highest BCUT2D eigenvalue weighted by molar-refractivity contribution is 7.20. The maximum atomic E-state index is 14.7. The van der Waals surface area contributed by atoms with E-state index in [0.717, 1.165) is 42.0 Å². The molecule has 3 aromatic rings. The average Bonchev–Trinajstić information content (AvgIpc) is 3.36. The normalized spacial score (nSPS) is 18.4. The molecule has 2 fully saturated rings. The maximum absolute atomic E-state index is 14.7. The van der Waals surface area contributed by atoms with Crippen LogP contribution in [0.3, 0.4) is 0 Å². The van der Waals surface area contributed by atoms with Gasteiger partial charge in [-0.1, -0.05) is 0 Å². The fourth-order valence-corrected chi connectivity index (χ4v) is 5.63. The molecule has 4 heterocycles. The van der Waals surface area contributed by atoms with Crippen molar-refractivity contribution in [1.29, 1.82) is 0 Å². The minimum atomic E-state index is -0.374. The lowest BCUT2D eigenvalue weighted by Crippen LogP contribution is -2.36. The summed E-state index contributed by atoms with van der Waals surface area (Å²) in [5.41, 5.74) is 1.83. The molecule has 0 atom stereocenters. The largest absolute Gasteiger partial charge is 0.393 e. The molecule has 0 unspecified atom stereocenters. The number of aliphatic hydroxyl groups is 1. The molecule has 0 radical (unpaired) electrons. The van der Waals surface area contributed by atoms with Crippen molar-refractivity contribution in [3.05, 3.63) is 40.7 Å². The summed E-state index contributed by atoms with van der Waals surface area (Å²) in [6, 6.07) is 6.94. The van der Waals surface area contributed by atoms with Crippen molar-refractivity contribution >= 4 is 38.8 Å². The standard InChI is InChI=1S/C23H27FN4O3S/c1-14-18-13-21(32-23(18)28(26-14)16-6-10-31-11-7-16)22(30)25-15-2-3-20(19(24)12-15)27-8-4-17(29)5-9-27/h2-3,12-13,16-17,29H,4-11H2,1H3,(H,25,30). The second-order valence-electron chi connectivity index (χ2n) is 8.54. The number of aryl methyl sites for hydroxylation is 1. The minimum absolute atomic E-state index is 0.252. The number of aromatic nitrogens is 2. The topological polar surface area (TPSA) is 79.6 Å². The molecule has 170 valence electrons. The number of ether oxygens (including phenoxy) is 1. The number of hydrogen-bond donors (Lipinski definition) is 2. The Balaban J connectivity index is 1.33. The summed E-state index contributed by atoms with van der Waals surface area (Å²) < 4.78 is 22.2. The van der Waals surface area contributed by atoms with Gasteiger partial charge in [-0.15, -0.1) is 11.3 Å². The fourth-order valence-electron chi connectivity index (χ4n) is 4.50. The Morgan fingerprint density at radius 2 is 1.97 bits per heavy atom. The third kappa shape index (κ3) is 4.12. The Morgan fingerprint density at radius 1 is 1.22 bits per heavy atom. The second-order valence-corrected chi connectivity index (χ2v) is 9.57. The van der Waals surface area contributed by atoms with Gasteiger partial charge >= 0.3 is 0 Å². The SMILES string of the molecule is Cc1nn(C2CCOCC2)c2sc(C(=O)Nc3ccc(N4CCC(O)CC4)c(F)c3)cc12. The van der Waals surface area contributed by atoms with Gasteiger partial charge in [0, 0.05) is 37.4 Å². The van der Waals surface area contributed by atoms with E-state index in [1.54, 1.807) is 12.1 Å². The Morgan fingerprint density at radius 3 is 2.69 bits per heavy atom. The molecule has 2 aromatic heterocycles. The third-order valence-corrected chi connectivity index (χ3v) is 7.46. The van der Waals surface area contributed by atoms with Crippen molar-refractivity contribution in [2.24, 2.45) is 0 Å². The number of benzene rings is 1. The lowest BCUT2D eigenvalue weighted by atomic mass is 10.1. The van der Waals surface area contributed by atoms with Gasteiger partial charge in [-0.25, -0.2) is 4.39 Å². The van der Waals surface area contributed by atoms with Gasteiger partial charge in [0.1, 0.15) is 10.6 Å². The van der Waals surface area contributed by atoms with Gasteiger partial charge in [-0.3, -0.25) is 9.48 Å². The number of carbonyl (C=O) groups is 1. The lowest BCUT2D eigenvalue weighted by Gasteiger charge is -2.31. The number of piperidine rings is 1. The fraction of sp³-hybridized carbons (Fsp3) is 0.478. The molecule has 2 N–H and O–H groups in total. The zero-order chi connectivity index (χ0) is 22.2. The zero-order valence-corrected chi connectivity index (χ0v) is 18.8. The first-order valence-corrected chi connectivity index (χ1v) is 11.9. The van der Waals surface area contributed by atoms with Crippen LogP contribution in [0.5, 0.6) is 0 Å². The molecule has 2 aliphatic heterocycles. The van der Waals surface area contributed by atoms with E-state index in [1.165, 1.54) is 17.4 Å². The van der Waals surface area contributed by atoms with Crippen LogP contribution in [0.2, 0.25) is 0 Å². The molecule has 9 heteroatoms. The summed E-state index contributed by atoms with van der Waals surface area (Å²) in [4.78, 5) is 16.4. The summed E-state index contributed by atoms with van der Waals surface area (Å²) in [5, 5.41) is 18.2. The molecule has 0 saturated carbocycles. The highest BCUT2D eigenvalue weighted by Gasteiger charge is 2.24. The van der Waals surface area contributed by atoms with E-state index in [0.29, 0.717) is 42.2 Å². The number of fused-ring (bicyclic) bond motifs is 1. The van der Waals surface area contributed by atoms with Gasteiger partial charge in [-0.05, 0) is 56.9 Å². The first-order valence-electron chi connectivity index (χ1n) is 11.1. The highest BCUT2D eigenvalue weighted by atomic mass is 32.1. The van der Waals surface area contributed by atoms with E-state index in [-0.39, 0.29) is 23.9 Å². The molecule has 2 aliphatic rings. The van der Waals surface area contributed by atoms with Crippen LogP contribution in [-0.4, -0.2) is 53.2 Å². The summed E-state index contributed by atoms with van der Waals surface area (Å²) in [7, 11) is 0. The second kappa shape index (κ2) is 8.80. The molecule has 32 heavy (non-hydrogen) atoms. The first kappa shape index (κ1) is 21.4. The first-order chi connectivity index (χ1) is 15.5. The summed E-state index contributed by atoms with van der Waals surface area (Å²) >= 11 is 1.42. The summed E-state index contributed by atoms with van der Waals surface area (Å²) in [5.74, 6) is -0.626. The number of halogens is 1. The van der Waals surface area contributed by atoms with Crippen LogP contribution in [0.15, 0.2) is 24.3 Å². The van der Waals surface area contributed by atoms with Crippen molar-refractivity contribution in [3.63, 3.8) is 0 Å². The van der Waals surface area contributed by atoms with Crippen molar-refractivity contribution in [3.8, 4) is 0 Å². The number of nitrogens with zero attached hydrogens (tertiary/aromatic N) is 3. The Kier molecular flexibility index (Phi) is 5.88. The highest BCUT2D eigenvalue weighted by Crippen LogP contribution is 2.34. The van der Waals surface area contributed by atoms with E-state index in [9.17, 15) is 14.3 Å². The monoisotopic (exact) mass is 458 g/mol. The van der Waals surface area contributed by atoms with Crippen LogP contribution in [0, 0.1) is 12.7 Å². The van der Waals surface area contributed by atoms with E-state index >= 15 is 0 Å². The van der Waals surface area contributed by atoms with E-state index in [4.69, 9.17) is 9.84 Å². The Hall–Kier alpha value is -2.49. The number of aliphatic hydroxyl groups excluding tert-OH is 1. The number of hydrogen-bond acceptors (Lipinski definition) is 6. The predicted molar refractivity (Wildman–Crippen MR) is 123 cm³/mol. The summed E-state index contributed by atoms with van der Waals surface area (Å²) in [6.45, 7) is 4.65. The van der Waals surface area contributed by atoms with Gasteiger partial charge in [-0.2, -0.15) is 5.10 Å². The van der Waals surface area contributed by atoms with Crippen LogP contribution in [0.1, 0.15) is 47.1 Å². The molecule has 1 aromatic carbocycles. The van der Waals surface area contributed by atoms with Crippen LogP contribution in [-0.2, 0) is 4.74 Å². The van der Waals surface area contributed by atoms with Crippen LogP contribution in [0.4, 0.5) is 15.8 Å². The molecule has 7 nitrogen and oxygen atoms in total. The van der Waals surface area contributed by atoms with E-state index < -0.39 is 0 Å². The molecule has 0 spiro atoms. The molecular weight excluding hydrogens is 431 g/mol. The van der Waals surface area contributed by atoms with Gasteiger partial charge in [0.05, 0.1) is 28.4 Å².